The van der Waals surface area contributed by atoms with Gasteiger partial charge in [-0.25, -0.2) is 0 Å². The highest BCUT2D eigenvalue weighted by atomic mass is 32.2. The number of nitrogens with zero attached hydrogens (tertiary/aromatic N) is 2. The van der Waals surface area contributed by atoms with Crippen LogP contribution in [0.25, 0.3) is 10.9 Å². The van der Waals surface area contributed by atoms with Gasteiger partial charge in [-0.15, -0.1) is 11.8 Å². The molecular weight excluding hydrogens is 541 g/mol. The fraction of sp³-hybridized carbons (Fsp3) is 0.467. The molecule has 1 fully saturated rings. The summed E-state index contributed by atoms with van der Waals surface area (Å²) in [4.78, 5) is 18.2. The van der Waals surface area contributed by atoms with Crippen molar-refractivity contribution in [2.24, 2.45) is 11.8 Å². The lowest BCUT2D eigenvalue weighted by atomic mass is 9.79. The Morgan fingerprint density at radius 1 is 1.18 bits per heavy atom. The minimum Gasteiger partial charge on any atom is -0.497 e. The van der Waals surface area contributed by atoms with Gasteiger partial charge >= 0.3 is 12.1 Å². The van der Waals surface area contributed by atoms with E-state index in [1.165, 1.54) is 23.9 Å². The maximum atomic E-state index is 13.3. The second kappa shape index (κ2) is 13.7. The van der Waals surface area contributed by atoms with Crippen LogP contribution < -0.4 is 4.74 Å². The highest BCUT2D eigenvalue weighted by Gasteiger charge is 2.33. The number of ether oxygens (including phenoxy) is 1. The van der Waals surface area contributed by atoms with E-state index in [0.29, 0.717) is 37.4 Å². The molecule has 4 rings (SSSR count). The normalized spacial score (nSPS) is 19.0. The third kappa shape index (κ3) is 7.89. The Hall–Kier alpha value is -2.82. The predicted molar refractivity (Wildman–Crippen MR) is 150 cm³/mol. The van der Waals surface area contributed by atoms with E-state index in [0.717, 1.165) is 41.9 Å². The number of benzene rings is 2. The topological polar surface area (TPSA) is 82.9 Å². The molecule has 216 valence electrons. The van der Waals surface area contributed by atoms with Crippen molar-refractivity contribution in [3.8, 4) is 5.75 Å². The Morgan fingerprint density at radius 2 is 1.98 bits per heavy atom. The number of aliphatic carboxylic acids is 1. The van der Waals surface area contributed by atoms with Gasteiger partial charge in [-0.2, -0.15) is 13.2 Å². The quantitative estimate of drug-likeness (QED) is 0.233. The Balaban J connectivity index is 1.36. The third-order valence-electron chi connectivity index (χ3n) is 7.71. The molecule has 2 unspecified atom stereocenters. The largest absolute Gasteiger partial charge is 0.497 e. The number of carbonyl (C=O) groups is 1. The number of rotatable bonds is 12. The zero-order valence-corrected chi connectivity index (χ0v) is 23.3. The average Bonchev–Trinajstić information content (AvgIpc) is 2.94. The maximum Gasteiger partial charge on any atom is 0.417 e. The van der Waals surface area contributed by atoms with Gasteiger partial charge in [0.25, 0.3) is 0 Å². The molecule has 0 bridgehead atoms. The highest BCUT2D eigenvalue weighted by molar-refractivity contribution is 7.99. The van der Waals surface area contributed by atoms with Crippen molar-refractivity contribution in [3.05, 3.63) is 65.9 Å². The summed E-state index contributed by atoms with van der Waals surface area (Å²) < 4.78 is 45.3. The molecule has 3 atom stereocenters. The molecule has 3 aromatic rings. The van der Waals surface area contributed by atoms with Crippen molar-refractivity contribution in [1.29, 1.82) is 0 Å². The second-order valence-electron chi connectivity index (χ2n) is 10.3. The van der Waals surface area contributed by atoms with Crippen LogP contribution in [-0.4, -0.2) is 58.6 Å². The van der Waals surface area contributed by atoms with Crippen LogP contribution in [0.1, 0.15) is 49.3 Å². The number of carboxylic acid groups (broad SMARTS) is 1. The molecular formula is C30H35F3N2O4S. The van der Waals surface area contributed by atoms with Crippen molar-refractivity contribution in [2.45, 2.75) is 49.3 Å². The summed E-state index contributed by atoms with van der Waals surface area (Å²) in [7, 11) is 1.59. The van der Waals surface area contributed by atoms with Gasteiger partial charge in [-0.05, 0) is 86.0 Å². The number of likely N-dealkylation sites (tertiary alicyclic amines) is 1. The van der Waals surface area contributed by atoms with E-state index in [1.807, 2.05) is 24.3 Å². The molecule has 0 radical (unpaired) electrons. The van der Waals surface area contributed by atoms with E-state index in [4.69, 9.17) is 4.74 Å². The van der Waals surface area contributed by atoms with E-state index >= 15 is 0 Å². The smallest absolute Gasteiger partial charge is 0.417 e. The van der Waals surface area contributed by atoms with Gasteiger partial charge in [0.1, 0.15) is 5.75 Å². The van der Waals surface area contributed by atoms with E-state index in [-0.39, 0.29) is 23.2 Å². The van der Waals surface area contributed by atoms with Gasteiger partial charge in [-0.1, -0.05) is 12.1 Å². The zero-order chi connectivity index (χ0) is 28.7. The number of hydrogen-bond donors (Lipinski definition) is 2. The van der Waals surface area contributed by atoms with Crippen LogP contribution in [0.3, 0.4) is 0 Å². The molecule has 10 heteroatoms. The molecule has 2 heterocycles. The number of aromatic nitrogens is 1. The first-order valence-corrected chi connectivity index (χ1v) is 14.5. The number of methoxy groups -OCH3 is 1. The van der Waals surface area contributed by atoms with Crippen molar-refractivity contribution < 1.29 is 32.9 Å². The standard InChI is InChI=1S/C30H35F3N2O4S/c1-39-22-8-9-26-24(18-22)23(12-14-34-26)27(36)10-6-20-13-15-35(19-21(20)7-11-29(37)38)16-17-40-28-5-3-2-4-25(28)30(31,32)33/h2-5,8-9,12,14,18,20-21,27,36H,6-7,10-11,13,15-17,19H2,1H3,(H,37,38)/t20?,21?,27-/m0/s1. The average molecular weight is 577 g/mol. The Morgan fingerprint density at radius 3 is 2.73 bits per heavy atom. The molecule has 1 aliphatic rings. The first-order chi connectivity index (χ1) is 19.2. The SMILES string of the molecule is COc1ccc2nccc([C@@H](O)CCC3CCN(CCSc4ccccc4C(F)(F)F)CC3CCC(=O)O)c2c1. The van der Waals surface area contributed by atoms with Gasteiger partial charge in [-0.3, -0.25) is 9.78 Å². The number of halogens is 3. The summed E-state index contributed by atoms with van der Waals surface area (Å²) in [5.41, 5.74) is 0.956. The molecule has 6 nitrogen and oxygen atoms in total. The summed E-state index contributed by atoms with van der Waals surface area (Å²) in [6, 6.07) is 13.0. The van der Waals surface area contributed by atoms with Crippen molar-refractivity contribution in [3.63, 3.8) is 0 Å². The lowest BCUT2D eigenvalue weighted by Gasteiger charge is -2.39. The zero-order valence-electron chi connectivity index (χ0n) is 22.4. The monoisotopic (exact) mass is 576 g/mol. The lowest BCUT2D eigenvalue weighted by molar-refractivity contribution is -0.140. The number of aliphatic hydroxyl groups is 1. The molecule has 1 saturated heterocycles. The van der Waals surface area contributed by atoms with Gasteiger partial charge in [0.15, 0.2) is 0 Å². The van der Waals surface area contributed by atoms with Crippen molar-refractivity contribution in [2.75, 3.05) is 32.5 Å². The van der Waals surface area contributed by atoms with Crippen LogP contribution in [0.4, 0.5) is 13.2 Å². The molecule has 1 aliphatic heterocycles. The molecule has 0 saturated carbocycles. The fourth-order valence-electron chi connectivity index (χ4n) is 5.58. The summed E-state index contributed by atoms with van der Waals surface area (Å²) in [6.45, 7) is 2.12. The second-order valence-corrected chi connectivity index (χ2v) is 11.4. The first kappa shape index (κ1) is 30.1. The maximum absolute atomic E-state index is 13.3. The number of hydrogen-bond acceptors (Lipinski definition) is 6. The first-order valence-electron chi connectivity index (χ1n) is 13.5. The summed E-state index contributed by atoms with van der Waals surface area (Å²) in [6.07, 6.45) is -0.649. The van der Waals surface area contributed by atoms with Crippen LogP contribution in [0.2, 0.25) is 0 Å². The number of thioether (sulfide) groups is 1. The number of fused-ring (bicyclic) bond motifs is 1. The Kier molecular flexibility index (Phi) is 10.3. The predicted octanol–water partition coefficient (Wildman–Crippen LogP) is 6.67. The van der Waals surface area contributed by atoms with Crippen molar-refractivity contribution in [1.82, 2.24) is 9.88 Å². The number of alkyl halides is 3. The minimum atomic E-state index is -4.39. The number of piperidine rings is 1. The molecule has 0 spiro atoms. The van der Waals surface area contributed by atoms with Crippen molar-refractivity contribution >= 4 is 28.6 Å². The molecule has 1 aromatic heterocycles. The van der Waals surface area contributed by atoms with Crippen LogP contribution in [0.15, 0.2) is 59.6 Å². The van der Waals surface area contributed by atoms with Gasteiger partial charge < -0.3 is 19.8 Å². The number of carboxylic acids is 1. The lowest BCUT2D eigenvalue weighted by Crippen LogP contribution is -2.41. The van der Waals surface area contributed by atoms with Crippen LogP contribution >= 0.6 is 11.8 Å². The minimum absolute atomic E-state index is 0.0695. The number of pyridine rings is 1. The van der Waals surface area contributed by atoms with Gasteiger partial charge in [0.05, 0.1) is 24.3 Å². The fourth-order valence-corrected chi connectivity index (χ4v) is 6.66. The number of aliphatic hydroxyl groups excluding tert-OH is 1. The molecule has 0 amide bonds. The molecule has 40 heavy (non-hydrogen) atoms. The Labute approximate surface area is 236 Å². The van der Waals surface area contributed by atoms with E-state index in [9.17, 15) is 28.2 Å². The van der Waals surface area contributed by atoms with Crippen LogP contribution in [-0.2, 0) is 11.0 Å². The van der Waals surface area contributed by atoms with E-state index in [1.54, 1.807) is 19.4 Å². The van der Waals surface area contributed by atoms with E-state index < -0.39 is 23.8 Å². The van der Waals surface area contributed by atoms with Crippen LogP contribution in [0.5, 0.6) is 5.75 Å². The highest BCUT2D eigenvalue weighted by Crippen LogP contribution is 2.38. The molecule has 0 aliphatic carbocycles. The Bertz CT molecular complexity index is 1290. The summed E-state index contributed by atoms with van der Waals surface area (Å²) >= 11 is 1.20. The summed E-state index contributed by atoms with van der Waals surface area (Å²) in [5, 5.41) is 21.3. The van der Waals surface area contributed by atoms with Crippen LogP contribution in [0, 0.1) is 11.8 Å². The van der Waals surface area contributed by atoms with Gasteiger partial charge in [0, 0.05) is 41.7 Å². The summed E-state index contributed by atoms with van der Waals surface area (Å²) in [5.74, 6) is 0.758. The van der Waals surface area contributed by atoms with Gasteiger partial charge in [0.2, 0.25) is 0 Å². The van der Waals surface area contributed by atoms with E-state index in [2.05, 4.69) is 9.88 Å². The third-order valence-corrected chi connectivity index (χ3v) is 8.77. The molecule has 2 aromatic carbocycles. The molecule has 2 N–H and O–H groups in total.